The number of hydrogen-bond donors (Lipinski definition) is 9. The molecule has 0 aromatic carbocycles. The number of carbonyl (C=O) groups excluding carboxylic acids is 7. The summed E-state index contributed by atoms with van der Waals surface area (Å²) in [4.78, 5) is 98.8. The summed E-state index contributed by atoms with van der Waals surface area (Å²) in [7, 11) is 0. The van der Waals surface area contributed by atoms with Gasteiger partial charge in [-0.25, -0.2) is 4.79 Å². The van der Waals surface area contributed by atoms with Gasteiger partial charge in [0.2, 0.25) is 41.4 Å². The van der Waals surface area contributed by atoms with Crippen molar-refractivity contribution in [2.24, 2.45) is 29.2 Å². The van der Waals surface area contributed by atoms with Crippen LogP contribution in [0, 0.1) is 17.8 Å². The highest BCUT2D eigenvalue weighted by Crippen LogP contribution is 2.11. The minimum Gasteiger partial charge on any atom is -0.480 e. The third-order valence-electron chi connectivity index (χ3n) is 7.53. The summed E-state index contributed by atoms with van der Waals surface area (Å²) in [5.41, 5.74) is 10.4. The van der Waals surface area contributed by atoms with E-state index in [0.29, 0.717) is 12.8 Å². The van der Waals surface area contributed by atoms with Crippen LogP contribution in [0.4, 0.5) is 0 Å². The fourth-order valence-corrected chi connectivity index (χ4v) is 4.13. The van der Waals surface area contributed by atoms with Gasteiger partial charge in [-0.2, -0.15) is 0 Å². The zero-order chi connectivity index (χ0) is 35.7. The summed E-state index contributed by atoms with van der Waals surface area (Å²) in [6.45, 7) is 11.0. The topological polar surface area (TPSA) is 281 Å². The summed E-state index contributed by atoms with van der Waals surface area (Å²) in [6, 6.07) is -5.69. The Balaban J connectivity index is 5.47. The van der Waals surface area contributed by atoms with Crippen LogP contribution in [0.1, 0.15) is 74.1 Å². The first-order valence-electron chi connectivity index (χ1n) is 15.4. The Bertz CT molecular complexity index is 1100. The lowest BCUT2D eigenvalue weighted by molar-refractivity contribution is -0.142. The standard InChI is InChI=1S/C29H52N8O9/c1-8-15(5)23(37-27(43)22(14(3)4)35-20(39)12-30)26(42)32-13-21(40)36-24(16(6)9-2)28(44)33-17(7)25(41)34-18(29(45)46)10-11-19(31)38/h14-18,22-24H,8-13,30H2,1-7H3,(H2,31,38)(H,32,42)(H,33,44)(H,34,41)(H,35,39)(H,36,40)(H,37,43)(H,45,46)/t15-,16-,17-,18-,22-,23-,24-/m0/s1. The van der Waals surface area contributed by atoms with E-state index < -0.39 is 90.0 Å². The molecule has 262 valence electrons. The smallest absolute Gasteiger partial charge is 0.326 e. The van der Waals surface area contributed by atoms with Crippen LogP contribution < -0.4 is 43.4 Å². The second-order valence-corrected chi connectivity index (χ2v) is 11.6. The number of amides is 7. The van der Waals surface area contributed by atoms with Gasteiger partial charge in [0.1, 0.15) is 30.2 Å². The van der Waals surface area contributed by atoms with Gasteiger partial charge in [0.25, 0.3) is 0 Å². The Hall–Kier alpha value is -4.28. The normalized spacial score (nSPS) is 15.5. The van der Waals surface area contributed by atoms with Crippen LogP contribution in [0.25, 0.3) is 0 Å². The molecule has 0 aliphatic carbocycles. The van der Waals surface area contributed by atoms with Crippen molar-refractivity contribution >= 4 is 47.3 Å². The van der Waals surface area contributed by atoms with Gasteiger partial charge in [-0.1, -0.05) is 54.4 Å². The van der Waals surface area contributed by atoms with Crippen molar-refractivity contribution in [2.75, 3.05) is 13.1 Å². The molecule has 0 fully saturated rings. The second-order valence-electron chi connectivity index (χ2n) is 11.6. The van der Waals surface area contributed by atoms with E-state index >= 15 is 0 Å². The van der Waals surface area contributed by atoms with Crippen LogP contribution in [-0.4, -0.2) is 95.7 Å². The lowest BCUT2D eigenvalue weighted by atomic mass is 9.96. The highest BCUT2D eigenvalue weighted by atomic mass is 16.4. The van der Waals surface area contributed by atoms with Gasteiger partial charge in [0, 0.05) is 6.42 Å². The van der Waals surface area contributed by atoms with Crippen molar-refractivity contribution in [2.45, 2.75) is 104 Å². The quantitative estimate of drug-likeness (QED) is 0.0631. The highest BCUT2D eigenvalue weighted by Gasteiger charge is 2.33. The second kappa shape index (κ2) is 20.7. The number of rotatable bonds is 21. The van der Waals surface area contributed by atoms with Gasteiger partial charge in [0.05, 0.1) is 13.1 Å². The van der Waals surface area contributed by atoms with Crippen molar-refractivity contribution in [1.29, 1.82) is 0 Å². The van der Waals surface area contributed by atoms with Crippen molar-refractivity contribution in [3.63, 3.8) is 0 Å². The largest absolute Gasteiger partial charge is 0.480 e. The maximum absolute atomic E-state index is 13.1. The molecule has 17 heteroatoms. The Morgan fingerprint density at radius 2 is 1.15 bits per heavy atom. The lowest BCUT2D eigenvalue weighted by Gasteiger charge is -2.28. The predicted molar refractivity (Wildman–Crippen MR) is 167 cm³/mol. The van der Waals surface area contributed by atoms with Crippen LogP contribution in [0.5, 0.6) is 0 Å². The minimum atomic E-state index is -1.40. The molecule has 0 aromatic rings. The molecule has 46 heavy (non-hydrogen) atoms. The fourth-order valence-electron chi connectivity index (χ4n) is 4.13. The summed E-state index contributed by atoms with van der Waals surface area (Å²) < 4.78 is 0. The van der Waals surface area contributed by atoms with Crippen LogP contribution in [0.3, 0.4) is 0 Å². The van der Waals surface area contributed by atoms with E-state index in [4.69, 9.17) is 11.5 Å². The number of carboxylic acids is 1. The average molecular weight is 657 g/mol. The number of carboxylic acid groups (broad SMARTS) is 1. The Kier molecular flexibility index (Phi) is 18.8. The minimum absolute atomic E-state index is 0.237. The maximum Gasteiger partial charge on any atom is 0.326 e. The number of carbonyl (C=O) groups is 8. The predicted octanol–water partition coefficient (Wildman–Crippen LogP) is -2.40. The zero-order valence-electron chi connectivity index (χ0n) is 27.7. The van der Waals surface area contributed by atoms with Gasteiger partial charge < -0.3 is 48.5 Å². The van der Waals surface area contributed by atoms with Gasteiger partial charge in [-0.3, -0.25) is 33.6 Å². The molecule has 7 atom stereocenters. The lowest BCUT2D eigenvalue weighted by Crippen LogP contribution is -2.59. The summed E-state index contributed by atoms with van der Waals surface area (Å²) in [5.74, 6) is -7.19. The molecule has 7 amide bonds. The van der Waals surface area contributed by atoms with E-state index in [2.05, 4.69) is 31.9 Å². The molecule has 0 aliphatic rings. The molecule has 0 aromatic heterocycles. The first-order valence-corrected chi connectivity index (χ1v) is 15.4. The molecule has 0 rings (SSSR count). The van der Waals surface area contributed by atoms with Crippen molar-refractivity contribution < 1.29 is 43.5 Å². The fraction of sp³-hybridized carbons (Fsp3) is 0.724. The molecular weight excluding hydrogens is 604 g/mol. The highest BCUT2D eigenvalue weighted by molar-refractivity contribution is 5.96. The van der Waals surface area contributed by atoms with Gasteiger partial charge in [0.15, 0.2) is 0 Å². The van der Waals surface area contributed by atoms with Crippen LogP contribution >= 0.6 is 0 Å². The van der Waals surface area contributed by atoms with Gasteiger partial charge >= 0.3 is 5.97 Å². The van der Waals surface area contributed by atoms with Crippen molar-refractivity contribution in [3.8, 4) is 0 Å². The van der Waals surface area contributed by atoms with E-state index in [-0.39, 0.29) is 31.2 Å². The first-order chi connectivity index (χ1) is 21.4. The van der Waals surface area contributed by atoms with Gasteiger partial charge in [-0.15, -0.1) is 0 Å². The number of nitrogens with one attached hydrogen (secondary N) is 6. The molecule has 0 bridgehead atoms. The van der Waals surface area contributed by atoms with Crippen molar-refractivity contribution in [3.05, 3.63) is 0 Å². The maximum atomic E-state index is 13.1. The Labute approximate surface area is 269 Å². The van der Waals surface area contributed by atoms with E-state index in [1.807, 2.05) is 6.92 Å². The van der Waals surface area contributed by atoms with Crippen LogP contribution in [0.2, 0.25) is 0 Å². The van der Waals surface area contributed by atoms with Gasteiger partial charge in [-0.05, 0) is 31.1 Å². The molecule has 0 aliphatic heterocycles. The molecule has 0 heterocycles. The molecule has 17 nitrogen and oxygen atoms in total. The number of nitrogens with two attached hydrogens (primary N) is 2. The molecule has 0 saturated heterocycles. The van der Waals surface area contributed by atoms with Crippen LogP contribution in [0.15, 0.2) is 0 Å². The van der Waals surface area contributed by atoms with E-state index in [1.165, 1.54) is 6.92 Å². The van der Waals surface area contributed by atoms with E-state index in [9.17, 15) is 43.5 Å². The zero-order valence-corrected chi connectivity index (χ0v) is 27.7. The summed E-state index contributed by atoms with van der Waals surface area (Å²) in [6.07, 6.45) is 0.456. The molecule has 11 N–H and O–H groups in total. The number of primary amides is 1. The number of aliphatic carboxylic acids is 1. The van der Waals surface area contributed by atoms with Crippen LogP contribution in [-0.2, 0) is 38.4 Å². The van der Waals surface area contributed by atoms with E-state index in [1.54, 1.807) is 34.6 Å². The third kappa shape index (κ3) is 14.7. The van der Waals surface area contributed by atoms with E-state index in [0.717, 1.165) is 0 Å². The Morgan fingerprint density at radius 3 is 1.61 bits per heavy atom. The molecule has 0 unspecified atom stereocenters. The number of hydrogen-bond acceptors (Lipinski definition) is 9. The Morgan fingerprint density at radius 1 is 0.652 bits per heavy atom. The average Bonchev–Trinajstić information content (AvgIpc) is 3.00. The molecular formula is C29H52N8O9. The first kappa shape index (κ1) is 41.7. The summed E-state index contributed by atoms with van der Waals surface area (Å²) >= 11 is 0. The van der Waals surface area contributed by atoms with Crippen molar-refractivity contribution in [1.82, 2.24) is 31.9 Å². The molecule has 0 spiro atoms. The molecule has 0 saturated carbocycles. The summed E-state index contributed by atoms with van der Waals surface area (Å²) in [5, 5.41) is 24.2. The third-order valence-corrected chi connectivity index (χ3v) is 7.53. The monoisotopic (exact) mass is 656 g/mol. The SMILES string of the molecule is CC[C@H](C)[C@H](NC(=O)CNC(=O)[C@@H](NC(=O)[C@@H](NC(=O)CN)C(C)C)[C@@H](C)CC)C(=O)N[C@@H](C)C(=O)N[C@@H](CCC(N)=O)C(=O)O. The molecule has 0 radical (unpaired) electrons.